The van der Waals surface area contributed by atoms with E-state index < -0.39 is 41.6 Å². The Bertz CT molecular complexity index is 1620. The van der Waals surface area contributed by atoms with Crippen molar-refractivity contribution >= 4 is 27.6 Å². The van der Waals surface area contributed by atoms with Crippen LogP contribution in [0.2, 0.25) is 0 Å². The second-order valence-corrected chi connectivity index (χ2v) is 12.1. The molecule has 1 fully saturated rings. The Kier molecular flexibility index (Phi) is 6.78. The molecule has 210 valence electrons. The number of aromatic nitrogens is 2. The molecular formula is C29H28F3N3O4S. The third kappa shape index (κ3) is 4.88. The van der Waals surface area contributed by atoms with Gasteiger partial charge in [0, 0.05) is 28.8 Å². The summed E-state index contributed by atoms with van der Waals surface area (Å²) in [6, 6.07) is 16.2. The third-order valence-electron chi connectivity index (χ3n) is 7.21. The van der Waals surface area contributed by atoms with Crippen molar-refractivity contribution in [3.63, 3.8) is 0 Å². The van der Waals surface area contributed by atoms with Gasteiger partial charge in [0.1, 0.15) is 11.4 Å². The van der Waals surface area contributed by atoms with Crippen molar-refractivity contribution in [3.05, 3.63) is 76.8 Å². The second kappa shape index (κ2) is 9.74. The third-order valence-corrected chi connectivity index (χ3v) is 8.36. The fraction of sp³-hybridized carbons (Fsp3) is 0.345. The van der Waals surface area contributed by atoms with Crippen LogP contribution in [0.15, 0.2) is 65.7 Å². The monoisotopic (exact) mass is 571 g/mol. The molecule has 40 heavy (non-hydrogen) atoms. The van der Waals surface area contributed by atoms with Gasteiger partial charge in [-0.15, -0.1) is 11.3 Å². The summed E-state index contributed by atoms with van der Waals surface area (Å²) in [5.74, 6) is 0. The molecule has 0 unspecified atom stereocenters. The normalized spacial score (nSPS) is 19.4. The zero-order valence-electron chi connectivity index (χ0n) is 22.1. The van der Waals surface area contributed by atoms with E-state index in [1.807, 2.05) is 51.1 Å². The zero-order chi connectivity index (χ0) is 29.0. The molecule has 11 heteroatoms. The Balaban J connectivity index is 1.66. The molecule has 0 spiro atoms. The smallest absolute Gasteiger partial charge is 0.408 e. The van der Waals surface area contributed by atoms with E-state index in [4.69, 9.17) is 0 Å². The van der Waals surface area contributed by atoms with Crippen LogP contribution in [0.25, 0.3) is 31.8 Å². The quantitative estimate of drug-likeness (QED) is 0.286. The summed E-state index contributed by atoms with van der Waals surface area (Å²) in [5.41, 5.74) is 0.199. The van der Waals surface area contributed by atoms with Crippen LogP contribution in [-0.4, -0.2) is 48.6 Å². The highest BCUT2D eigenvalue weighted by atomic mass is 32.1. The van der Waals surface area contributed by atoms with Gasteiger partial charge in [0.05, 0.1) is 23.4 Å². The molecule has 1 saturated carbocycles. The molecule has 0 aliphatic heterocycles. The molecule has 2 heterocycles. The second-order valence-electron chi connectivity index (χ2n) is 11.1. The minimum absolute atomic E-state index is 0.116. The summed E-state index contributed by atoms with van der Waals surface area (Å²) >= 11 is 1.21. The van der Waals surface area contributed by atoms with E-state index in [1.165, 1.54) is 16.2 Å². The minimum Gasteiger partial charge on any atom is -0.465 e. The van der Waals surface area contributed by atoms with Crippen molar-refractivity contribution in [2.75, 3.05) is 0 Å². The van der Waals surface area contributed by atoms with Crippen molar-refractivity contribution in [2.24, 2.45) is 0 Å². The topological polar surface area (TPSA) is 95.7 Å². The molecule has 1 aliphatic carbocycles. The van der Waals surface area contributed by atoms with Crippen LogP contribution in [0.5, 0.6) is 0 Å². The number of alkyl halides is 3. The van der Waals surface area contributed by atoms with Crippen molar-refractivity contribution < 1.29 is 28.2 Å². The highest BCUT2D eigenvalue weighted by Gasteiger charge is 2.54. The van der Waals surface area contributed by atoms with Gasteiger partial charge in [-0.3, -0.25) is 14.3 Å². The molecule has 2 N–H and O–H groups in total. The lowest BCUT2D eigenvalue weighted by Crippen LogP contribution is -2.64. The zero-order valence-corrected chi connectivity index (χ0v) is 22.9. The average Bonchev–Trinajstić information content (AvgIpc) is 3.24. The highest BCUT2D eigenvalue weighted by molar-refractivity contribution is 7.22. The number of amides is 1. The summed E-state index contributed by atoms with van der Waals surface area (Å²) < 4.78 is 40.0. The van der Waals surface area contributed by atoms with E-state index in [9.17, 15) is 33.0 Å². The molecule has 2 aromatic carbocycles. The standard InChI is InChI=1S/C29H28F3N3O4S/c1-27(2,3)35(26(38)39)28(13-20(36)14-28)19-11-9-18(10-12-19)23-21(17-7-5-4-6-8-17)22-24(40-23)33-16-34(25(22)37)15-29(30,31)32/h4-12,16,20,36H,13-15H2,1-3H3,(H,38,39). The molecule has 4 aromatic rings. The van der Waals surface area contributed by atoms with Crippen LogP contribution < -0.4 is 5.56 Å². The first-order chi connectivity index (χ1) is 18.7. The Labute approximate surface area is 232 Å². The maximum absolute atomic E-state index is 13.3. The predicted octanol–water partition coefficient (Wildman–Crippen LogP) is 6.48. The SMILES string of the molecule is CC(C)(C)N(C(=O)O)C1(c2ccc(-c3sc4ncn(CC(F)(F)F)c(=O)c4c3-c3ccccc3)cc2)CC(O)C1. The number of carboxylic acid groups (broad SMARTS) is 1. The number of fused-ring (bicyclic) bond motifs is 1. The maximum Gasteiger partial charge on any atom is 0.408 e. The first kappa shape index (κ1) is 27.9. The summed E-state index contributed by atoms with van der Waals surface area (Å²) in [6.45, 7) is 3.99. The number of hydrogen-bond acceptors (Lipinski definition) is 5. The van der Waals surface area contributed by atoms with Crippen LogP contribution in [0.3, 0.4) is 0 Å². The van der Waals surface area contributed by atoms with E-state index in [2.05, 4.69) is 4.98 Å². The van der Waals surface area contributed by atoms with E-state index in [-0.39, 0.29) is 18.2 Å². The van der Waals surface area contributed by atoms with Gasteiger partial charge in [-0.2, -0.15) is 13.2 Å². The van der Waals surface area contributed by atoms with Crippen LogP contribution in [0, 0.1) is 0 Å². The van der Waals surface area contributed by atoms with Crippen molar-refractivity contribution in [1.29, 1.82) is 0 Å². The number of aliphatic hydroxyl groups excluding tert-OH is 1. The van der Waals surface area contributed by atoms with Gasteiger partial charge < -0.3 is 10.2 Å². The molecule has 0 radical (unpaired) electrons. The average molecular weight is 572 g/mol. The molecule has 5 rings (SSSR count). The number of carbonyl (C=O) groups is 1. The summed E-state index contributed by atoms with van der Waals surface area (Å²) in [4.78, 5) is 32.2. The molecule has 0 atom stereocenters. The van der Waals surface area contributed by atoms with Crippen molar-refractivity contribution in [3.8, 4) is 21.6 Å². The fourth-order valence-electron chi connectivity index (χ4n) is 5.73. The number of benzene rings is 2. The molecule has 7 nitrogen and oxygen atoms in total. The lowest BCUT2D eigenvalue weighted by molar-refractivity contribution is -0.141. The van der Waals surface area contributed by atoms with Gasteiger partial charge in [-0.05, 0) is 37.5 Å². The van der Waals surface area contributed by atoms with Crippen LogP contribution >= 0.6 is 11.3 Å². The first-order valence-electron chi connectivity index (χ1n) is 12.7. The number of nitrogens with zero attached hydrogens (tertiary/aromatic N) is 3. The van der Waals surface area contributed by atoms with Crippen LogP contribution in [0.1, 0.15) is 39.2 Å². The first-order valence-corrected chi connectivity index (χ1v) is 13.5. The van der Waals surface area contributed by atoms with Gasteiger partial charge >= 0.3 is 12.3 Å². The van der Waals surface area contributed by atoms with E-state index >= 15 is 0 Å². The molecule has 0 saturated heterocycles. The molecule has 1 amide bonds. The number of rotatable bonds is 5. The van der Waals surface area contributed by atoms with Crippen molar-refractivity contribution in [2.45, 2.75) is 63.5 Å². The number of thiophene rings is 1. The van der Waals surface area contributed by atoms with Gasteiger partial charge in [0.2, 0.25) is 0 Å². The molecule has 0 bridgehead atoms. The largest absolute Gasteiger partial charge is 0.465 e. The van der Waals surface area contributed by atoms with E-state index in [0.29, 0.717) is 31.0 Å². The van der Waals surface area contributed by atoms with E-state index in [0.717, 1.165) is 11.9 Å². The minimum atomic E-state index is -4.58. The van der Waals surface area contributed by atoms with E-state index in [1.54, 1.807) is 24.3 Å². The van der Waals surface area contributed by atoms with Gasteiger partial charge in [0.15, 0.2) is 0 Å². The Morgan fingerprint density at radius 1 is 1.07 bits per heavy atom. The summed E-state index contributed by atoms with van der Waals surface area (Å²) in [7, 11) is 0. The van der Waals surface area contributed by atoms with Gasteiger partial charge in [0.25, 0.3) is 5.56 Å². The fourth-order valence-corrected chi connectivity index (χ4v) is 6.89. The Morgan fingerprint density at radius 2 is 1.70 bits per heavy atom. The van der Waals surface area contributed by atoms with Crippen molar-refractivity contribution in [1.82, 2.24) is 14.5 Å². The number of aliphatic hydroxyl groups is 1. The lowest BCUT2D eigenvalue weighted by Gasteiger charge is -2.56. The van der Waals surface area contributed by atoms with Gasteiger partial charge in [-0.25, -0.2) is 9.78 Å². The molecular weight excluding hydrogens is 543 g/mol. The molecule has 2 aromatic heterocycles. The summed E-state index contributed by atoms with van der Waals surface area (Å²) in [5, 5.41) is 20.4. The Hall–Kier alpha value is -3.70. The summed E-state index contributed by atoms with van der Waals surface area (Å²) in [6.07, 6.45) is -4.84. The Morgan fingerprint density at radius 3 is 2.23 bits per heavy atom. The lowest BCUT2D eigenvalue weighted by atomic mass is 9.67. The van der Waals surface area contributed by atoms with Crippen LogP contribution in [0.4, 0.5) is 18.0 Å². The predicted molar refractivity (Wildman–Crippen MR) is 147 cm³/mol. The highest BCUT2D eigenvalue weighted by Crippen LogP contribution is 2.50. The van der Waals surface area contributed by atoms with Crippen LogP contribution in [-0.2, 0) is 12.1 Å². The maximum atomic E-state index is 13.3. The number of hydrogen-bond donors (Lipinski definition) is 2. The van der Waals surface area contributed by atoms with Gasteiger partial charge in [-0.1, -0.05) is 54.6 Å². The number of halogens is 3. The molecule has 1 aliphatic rings.